The predicted molar refractivity (Wildman–Crippen MR) is 77.3 cm³/mol. The van der Waals surface area contributed by atoms with E-state index < -0.39 is 32.9 Å². The molecule has 2 rings (SSSR count). The zero-order valence-electron chi connectivity index (χ0n) is 10.9. The van der Waals surface area contributed by atoms with Gasteiger partial charge in [0.05, 0.1) is 20.9 Å². The molecule has 0 aliphatic heterocycles. The normalized spacial score (nSPS) is 11.1. The van der Waals surface area contributed by atoms with Crippen LogP contribution in [0.3, 0.4) is 0 Å². The van der Waals surface area contributed by atoms with E-state index in [-0.39, 0.29) is 14.8 Å². The topological polar surface area (TPSA) is 109 Å². The Hall–Kier alpha value is -2.38. The van der Waals surface area contributed by atoms with Gasteiger partial charge in [-0.05, 0) is 36.4 Å². The van der Waals surface area contributed by atoms with Crippen LogP contribution in [0.2, 0.25) is 5.02 Å². The Balaban J connectivity index is 2.65. The minimum absolute atomic E-state index is 0.112. The van der Waals surface area contributed by atoms with Crippen molar-refractivity contribution in [2.45, 2.75) is 9.79 Å². The fourth-order valence-electron chi connectivity index (χ4n) is 1.82. The number of carbonyl (C=O) groups is 2. The second-order valence-corrected chi connectivity index (χ2v) is 6.66. The first-order chi connectivity index (χ1) is 10.2. The van der Waals surface area contributed by atoms with E-state index in [0.717, 1.165) is 18.2 Å². The van der Waals surface area contributed by atoms with Crippen LogP contribution in [0.4, 0.5) is 0 Å². The maximum absolute atomic E-state index is 12.4. The first-order valence-electron chi connectivity index (χ1n) is 5.85. The number of benzene rings is 2. The summed E-state index contributed by atoms with van der Waals surface area (Å²) in [5, 5.41) is 18.2. The molecule has 0 saturated carbocycles. The SMILES string of the molecule is O=C(O)c1ccc(S(=O)(=O)c2cccc(Cl)c2)cc1C(=O)O. The highest BCUT2D eigenvalue weighted by atomic mass is 35.5. The van der Waals surface area contributed by atoms with E-state index >= 15 is 0 Å². The maximum atomic E-state index is 12.4. The Bertz CT molecular complexity index is 873. The van der Waals surface area contributed by atoms with Crippen LogP contribution in [0.5, 0.6) is 0 Å². The second kappa shape index (κ2) is 5.78. The number of sulfone groups is 1. The molecule has 0 fully saturated rings. The van der Waals surface area contributed by atoms with Crippen molar-refractivity contribution in [3.05, 3.63) is 58.6 Å². The molecule has 2 aromatic carbocycles. The summed E-state index contributed by atoms with van der Waals surface area (Å²) in [6.07, 6.45) is 0. The zero-order valence-corrected chi connectivity index (χ0v) is 12.4. The molecule has 0 unspecified atom stereocenters. The number of halogens is 1. The highest BCUT2D eigenvalue weighted by Gasteiger charge is 2.23. The average molecular weight is 341 g/mol. The summed E-state index contributed by atoms with van der Waals surface area (Å²) in [4.78, 5) is 21.7. The summed E-state index contributed by atoms with van der Waals surface area (Å²) in [7, 11) is -4.00. The molecule has 0 aromatic heterocycles. The lowest BCUT2D eigenvalue weighted by molar-refractivity contribution is 0.0651. The highest BCUT2D eigenvalue weighted by Crippen LogP contribution is 2.25. The number of aromatic carboxylic acids is 2. The van der Waals surface area contributed by atoms with E-state index in [1.165, 1.54) is 24.3 Å². The van der Waals surface area contributed by atoms with Crippen molar-refractivity contribution < 1.29 is 28.2 Å². The van der Waals surface area contributed by atoms with Crippen LogP contribution in [0, 0.1) is 0 Å². The molecule has 0 aliphatic carbocycles. The summed E-state index contributed by atoms with van der Waals surface area (Å²) >= 11 is 5.75. The lowest BCUT2D eigenvalue weighted by atomic mass is 10.1. The van der Waals surface area contributed by atoms with Gasteiger partial charge in [-0.3, -0.25) is 0 Å². The van der Waals surface area contributed by atoms with Gasteiger partial charge in [0.15, 0.2) is 0 Å². The van der Waals surface area contributed by atoms with E-state index in [0.29, 0.717) is 0 Å². The summed E-state index contributed by atoms with van der Waals surface area (Å²) in [5.74, 6) is -2.98. The van der Waals surface area contributed by atoms with Crippen molar-refractivity contribution in [1.29, 1.82) is 0 Å². The van der Waals surface area contributed by atoms with Crippen molar-refractivity contribution in [2.75, 3.05) is 0 Å². The van der Waals surface area contributed by atoms with Crippen LogP contribution in [-0.4, -0.2) is 30.6 Å². The van der Waals surface area contributed by atoms with Gasteiger partial charge in [-0.1, -0.05) is 17.7 Å². The number of carboxylic acids is 2. The molecule has 6 nitrogen and oxygen atoms in total. The summed E-state index contributed by atoms with van der Waals surface area (Å²) in [6, 6.07) is 8.29. The fourth-order valence-corrected chi connectivity index (χ4v) is 3.41. The lowest BCUT2D eigenvalue weighted by Gasteiger charge is -2.08. The molecule has 0 radical (unpaired) electrons. The van der Waals surface area contributed by atoms with Crippen LogP contribution in [0.25, 0.3) is 0 Å². The molecule has 8 heteroatoms. The van der Waals surface area contributed by atoms with E-state index in [2.05, 4.69) is 0 Å². The number of carboxylic acid groups (broad SMARTS) is 2. The Morgan fingerprint density at radius 1 is 0.864 bits per heavy atom. The van der Waals surface area contributed by atoms with Gasteiger partial charge in [0.25, 0.3) is 0 Å². The number of rotatable bonds is 4. The third-order valence-electron chi connectivity index (χ3n) is 2.87. The van der Waals surface area contributed by atoms with Crippen molar-refractivity contribution >= 4 is 33.4 Å². The van der Waals surface area contributed by atoms with Crippen LogP contribution < -0.4 is 0 Å². The minimum Gasteiger partial charge on any atom is -0.478 e. The Morgan fingerprint density at radius 2 is 1.45 bits per heavy atom. The molecule has 0 bridgehead atoms. The van der Waals surface area contributed by atoms with Gasteiger partial charge >= 0.3 is 11.9 Å². The molecular weight excluding hydrogens is 332 g/mol. The van der Waals surface area contributed by atoms with E-state index in [9.17, 15) is 18.0 Å². The monoisotopic (exact) mass is 340 g/mol. The standard InChI is InChI=1S/C14H9ClO6S/c15-8-2-1-3-9(6-8)22(20,21)10-4-5-11(13(16)17)12(7-10)14(18)19/h1-7H,(H,16,17)(H,18,19). The molecule has 0 heterocycles. The number of hydrogen-bond donors (Lipinski definition) is 2. The lowest BCUT2D eigenvalue weighted by Crippen LogP contribution is -2.10. The van der Waals surface area contributed by atoms with Crippen molar-refractivity contribution in [3.63, 3.8) is 0 Å². The molecule has 0 amide bonds. The van der Waals surface area contributed by atoms with Crippen molar-refractivity contribution in [2.24, 2.45) is 0 Å². The van der Waals surface area contributed by atoms with Gasteiger partial charge in [0.1, 0.15) is 0 Å². The molecule has 0 aliphatic rings. The molecule has 0 saturated heterocycles. The third kappa shape index (κ3) is 2.95. The maximum Gasteiger partial charge on any atom is 0.336 e. The Morgan fingerprint density at radius 3 is 2.00 bits per heavy atom. The molecular formula is C14H9ClO6S. The van der Waals surface area contributed by atoms with Gasteiger partial charge in [-0.2, -0.15) is 0 Å². The summed E-state index contributed by atoms with van der Waals surface area (Å²) in [5.41, 5.74) is -1.09. The third-order valence-corrected chi connectivity index (χ3v) is 4.85. The van der Waals surface area contributed by atoms with Crippen LogP contribution in [-0.2, 0) is 9.84 Å². The van der Waals surface area contributed by atoms with E-state index in [1.54, 1.807) is 0 Å². The molecule has 2 N–H and O–H groups in total. The average Bonchev–Trinajstić information content (AvgIpc) is 2.46. The molecule has 0 atom stereocenters. The van der Waals surface area contributed by atoms with Crippen LogP contribution in [0.1, 0.15) is 20.7 Å². The van der Waals surface area contributed by atoms with Gasteiger partial charge in [-0.15, -0.1) is 0 Å². The van der Waals surface area contributed by atoms with E-state index in [1.807, 2.05) is 0 Å². The smallest absolute Gasteiger partial charge is 0.336 e. The van der Waals surface area contributed by atoms with E-state index in [4.69, 9.17) is 21.8 Å². The largest absolute Gasteiger partial charge is 0.478 e. The Labute approximate surface area is 130 Å². The van der Waals surface area contributed by atoms with Crippen LogP contribution in [0.15, 0.2) is 52.3 Å². The van der Waals surface area contributed by atoms with Crippen LogP contribution >= 0.6 is 11.6 Å². The minimum atomic E-state index is -4.00. The zero-order chi connectivity index (χ0) is 16.5. The first-order valence-corrected chi connectivity index (χ1v) is 7.71. The van der Waals surface area contributed by atoms with Crippen molar-refractivity contribution in [1.82, 2.24) is 0 Å². The second-order valence-electron chi connectivity index (χ2n) is 4.28. The summed E-state index contributed by atoms with van der Waals surface area (Å²) in [6.45, 7) is 0. The summed E-state index contributed by atoms with van der Waals surface area (Å²) < 4.78 is 24.9. The van der Waals surface area contributed by atoms with Gasteiger partial charge < -0.3 is 10.2 Å². The molecule has 2 aromatic rings. The quantitative estimate of drug-likeness (QED) is 0.885. The predicted octanol–water partition coefficient (Wildman–Crippen LogP) is 2.57. The van der Waals surface area contributed by atoms with Crippen molar-refractivity contribution in [3.8, 4) is 0 Å². The Kier molecular flexibility index (Phi) is 4.20. The fraction of sp³-hybridized carbons (Fsp3) is 0. The number of hydrogen-bond acceptors (Lipinski definition) is 4. The molecule has 22 heavy (non-hydrogen) atoms. The van der Waals surface area contributed by atoms with Gasteiger partial charge in [0.2, 0.25) is 9.84 Å². The highest BCUT2D eigenvalue weighted by molar-refractivity contribution is 7.91. The first kappa shape index (κ1) is 16.0. The molecule has 114 valence electrons. The van der Waals surface area contributed by atoms with Gasteiger partial charge in [0, 0.05) is 5.02 Å². The molecule has 0 spiro atoms. The van der Waals surface area contributed by atoms with Gasteiger partial charge in [-0.25, -0.2) is 18.0 Å².